The van der Waals surface area contributed by atoms with Gasteiger partial charge in [0.05, 0.1) is 10.5 Å². The number of nitro benzene ring substituents is 1. The number of esters is 1. The minimum atomic E-state index is -0.750. The average molecular weight is 451 g/mol. The van der Waals surface area contributed by atoms with Crippen molar-refractivity contribution in [2.24, 2.45) is 0 Å². The Morgan fingerprint density at radius 3 is 2.75 bits per heavy atom. The molecule has 0 saturated carbocycles. The van der Waals surface area contributed by atoms with Gasteiger partial charge in [-0.1, -0.05) is 41.7 Å². The topological polar surface area (TPSA) is 129 Å². The fraction of sp³-hybridized carbons (Fsp3) is 0.143. The summed E-state index contributed by atoms with van der Waals surface area (Å²) in [5, 5.41) is 18.8. The first-order valence-electron chi connectivity index (χ1n) is 9.50. The number of nitro groups is 1. The van der Waals surface area contributed by atoms with Gasteiger partial charge in [-0.2, -0.15) is 9.61 Å². The number of ether oxygens (including phenoxy) is 1. The van der Waals surface area contributed by atoms with Gasteiger partial charge in [-0.05, 0) is 18.6 Å². The minimum absolute atomic E-state index is 0.0300. The van der Waals surface area contributed by atoms with Gasteiger partial charge in [0.25, 0.3) is 11.2 Å². The molecule has 0 spiro atoms. The highest BCUT2D eigenvalue weighted by Gasteiger charge is 2.19. The van der Waals surface area contributed by atoms with Crippen LogP contribution in [0.2, 0.25) is 0 Å². The molecule has 4 rings (SSSR count). The Hall–Kier alpha value is -4.12. The number of fused-ring (bicyclic) bond motifs is 1. The highest BCUT2D eigenvalue weighted by atomic mass is 32.1. The van der Waals surface area contributed by atoms with E-state index in [1.807, 2.05) is 30.3 Å². The van der Waals surface area contributed by atoms with Gasteiger partial charge in [0.15, 0.2) is 5.01 Å². The van der Waals surface area contributed by atoms with Crippen molar-refractivity contribution in [2.45, 2.75) is 20.1 Å². The predicted molar refractivity (Wildman–Crippen MR) is 118 cm³/mol. The summed E-state index contributed by atoms with van der Waals surface area (Å²) in [4.78, 5) is 40.0. The van der Waals surface area contributed by atoms with Crippen molar-refractivity contribution in [3.05, 3.63) is 96.9 Å². The van der Waals surface area contributed by atoms with Gasteiger partial charge in [-0.15, -0.1) is 0 Å². The van der Waals surface area contributed by atoms with Gasteiger partial charge in [-0.3, -0.25) is 14.9 Å². The minimum Gasteiger partial charge on any atom is -0.455 e. The predicted octanol–water partition coefficient (Wildman–Crippen LogP) is 3.34. The van der Waals surface area contributed by atoms with Crippen molar-refractivity contribution in [3.8, 4) is 0 Å². The van der Waals surface area contributed by atoms with Crippen LogP contribution in [-0.4, -0.2) is 25.5 Å². The monoisotopic (exact) mass is 451 g/mol. The molecular weight excluding hydrogens is 434 g/mol. The summed E-state index contributed by atoms with van der Waals surface area (Å²) in [5.41, 5.74) is 1.42. The molecule has 162 valence electrons. The summed E-state index contributed by atoms with van der Waals surface area (Å²) in [6.07, 6.45) is 0. The number of aryl methyl sites for hydroxylation is 1. The quantitative estimate of drug-likeness (QED) is 0.257. The van der Waals surface area contributed by atoms with Crippen molar-refractivity contribution in [3.63, 3.8) is 0 Å². The fourth-order valence-corrected chi connectivity index (χ4v) is 3.84. The van der Waals surface area contributed by atoms with E-state index in [0.717, 1.165) is 21.4 Å². The number of anilines is 1. The number of benzene rings is 2. The second-order valence-corrected chi connectivity index (χ2v) is 7.87. The molecule has 0 saturated heterocycles. The molecule has 0 fully saturated rings. The molecule has 11 heteroatoms. The molecule has 0 bridgehead atoms. The molecule has 0 aliphatic carbocycles. The molecule has 0 atom stereocenters. The maximum absolute atomic E-state index is 12.8. The number of hydrogen-bond donors (Lipinski definition) is 1. The summed E-state index contributed by atoms with van der Waals surface area (Å²) >= 11 is 1.12. The van der Waals surface area contributed by atoms with Crippen molar-refractivity contribution in [1.29, 1.82) is 0 Å². The van der Waals surface area contributed by atoms with Crippen LogP contribution in [0, 0.1) is 17.0 Å². The zero-order chi connectivity index (χ0) is 22.7. The number of carbonyl (C=O) groups is 1. The molecule has 2 aromatic carbocycles. The van der Waals surface area contributed by atoms with Crippen LogP contribution < -0.4 is 10.9 Å². The Balaban J connectivity index is 1.54. The lowest BCUT2D eigenvalue weighted by atomic mass is 10.1. The first-order valence-corrected chi connectivity index (χ1v) is 10.3. The van der Waals surface area contributed by atoms with Gasteiger partial charge >= 0.3 is 5.97 Å². The maximum Gasteiger partial charge on any atom is 0.340 e. The molecule has 0 radical (unpaired) electrons. The van der Waals surface area contributed by atoms with Crippen LogP contribution in [-0.2, 0) is 17.9 Å². The smallest absolute Gasteiger partial charge is 0.340 e. The van der Waals surface area contributed by atoms with Crippen LogP contribution in [0.1, 0.15) is 26.6 Å². The van der Waals surface area contributed by atoms with Gasteiger partial charge in [0.2, 0.25) is 4.96 Å². The summed E-state index contributed by atoms with van der Waals surface area (Å²) in [5.74, 6) is -0.750. The van der Waals surface area contributed by atoms with E-state index in [4.69, 9.17) is 4.74 Å². The summed E-state index contributed by atoms with van der Waals surface area (Å²) < 4.78 is 6.48. The molecule has 2 aromatic heterocycles. The van der Waals surface area contributed by atoms with Crippen LogP contribution in [0.25, 0.3) is 4.96 Å². The van der Waals surface area contributed by atoms with Gasteiger partial charge in [0, 0.05) is 36.1 Å². The number of hydrogen-bond acceptors (Lipinski definition) is 9. The Morgan fingerprint density at radius 2 is 2.00 bits per heavy atom. The number of rotatable bonds is 7. The SMILES string of the molecule is Cc1cc(=O)n2nc(COC(=O)c3cc([N+](=O)[O-])ccc3NCc3ccccc3)sc2n1. The standard InChI is InChI=1S/C21H17N5O5S/c1-13-9-19(27)25-21(23-13)32-18(24-25)12-31-20(28)16-10-15(26(29)30)7-8-17(16)22-11-14-5-3-2-4-6-14/h2-10,22H,11-12H2,1H3. The van der Waals surface area contributed by atoms with Crippen molar-refractivity contribution in [1.82, 2.24) is 14.6 Å². The fourth-order valence-electron chi connectivity index (χ4n) is 2.99. The van der Waals surface area contributed by atoms with E-state index in [-0.39, 0.29) is 23.4 Å². The van der Waals surface area contributed by atoms with Crippen LogP contribution >= 0.6 is 11.3 Å². The summed E-state index contributed by atoms with van der Waals surface area (Å²) in [6.45, 7) is 1.92. The van der Waals surface area contributed by atoms with E-state index in [0.29, 0.717) is 27.9 Å². The molecular formula is C21H17N5O5S. The highest BCUT2D eigenvalue weighted by Crippen LogP contribution is 2.24. The third-order valence-corrected chi connectivity index (χ3v) is 5.38. The van der Waals surface area contributed by atoms with Gasteiger partial charge < -0.3 is 10.1 Å². The molecule has 0 aliphatic rings. The zero-order valence-corrected chi connectivity index (χ0v) is 17.7. The lowest BCUT2D eigenvalue weighted by Gasteiger charge is -2.11. The number of nitrogens with one attached hydrogen (secondary N) is 1. The molecule has 0 unspecified atom stereocenters. The lowest BCUT2D eigenvalue weighted by molar-refractivity contribution is -0.384. The first-order chi connectivity index (χ1) is 15.4. The third-order valence-electron chi connectivity index (χ3n) is 4.50. The Morgan fingerprint density at radius 1 is 1.22 bits per heavy atom. The summed E-state index contributed by atoms with van der Waals surface area (Å²) in [7, 11) is 0. The zero-order valence-electron chi connectivity index (χ0n) is 16.8. The van der Waals surface area contributed by atoms with Crippen LogP contribution in [0.5, 0.6) is 0 Å². The molecule has 32 heavy (non-hydrogen) atoms. The van der Waals surface area contributed by atoms with E-state index < -0.39 is 10.9 Å². The molecule has 4 aromatic rings. The van der Waals surface area contributed by atoms with E-state index in [9.17, 15) is 19.7 Å². The molecule has 2 heterocycles. The van der Waals surface area contributed by atoms with Crippen LogP contribution in [0.4, 0.5) is 11.4 Å². The Kier molecular flexibility index (Phi) is 5.90. The molecule has 10 nitrogen and oxygen atoms in total. The number of aromatic nitrogens is 3. The normalized spacial score (nSPS) is 10.8. The molecule has 0 aliphatic heterocycles. The van der Waals surface area contributed by atoms with Crippen molar-refractivity contribution >= 4 is 33.6 Å². The molecule has 0 amide bonds. The second kappa shape index (κ2) is 8.94. The van der Waals surface area contributed by atoms with Gasteiger partial charge in [0.1, 0.15) is 6.61 Å². The highest BCUT2D eigenvalue weighted by molar-refractivity contribution is 7.16. The second-order valence-electron chi connectivity index (χ2n) is 6.83. The van der Waals surface area contributed by atoms with Crippen molar-refractivity contribution < 1.29 is 14.5 Å². The summed E-state index contributed by atoms with van der Waals surface area (Å²) in [6, 6.07) is 14.8. The number of nitrogens with zero attached hydrogens (tertiary/aromatic N) is 4. The Bertz CT molecular complexity index is 1370. The van der Waals surface area contributed by atoms with E-state index in [1.165, 1.54) is 24.3 Å². The Labute approximate surface area is 185 Å². The lowest BCUT2D eigenvalue weighted by Crippen LogP contribution is -2.15. The van der Waals surface area contributed by atoms with E-state index in [1.54, 1.807) is 6.92 Å². The van der Waals surface area contributed by atoms with E-state index in [2.05, 4.69) is 15.4 Å². The van der Waals surface area contributed by atoms with Crippen LogP contribution in [0.3, 0.4) is 0 Å². The maximum atomic E-state index is 12.8. The largest absolute Gasteiger partial charge is 0.455 e. The van der Waals surface area contributed by atoms with Crippen molar-refractivity contribution in [2.75, 3.05) is 5.32 Å². The number of carbonyl (C=O) groups excluding carboxylic acids is 1. The third kappa shape index (κ3) is 4.62. The van der Waals surface area contributed by atoms with Gasteiger partial charge in [-0.25, -0.2) is 9.78 Å². The van der Waals surface area contributed by atoms with E-state index >= 15 is 0 Å². The van der Waals surface area contributed by atoms with Crippen LogP contribution in [0.15, 0.2) is 59.4 Å². The molecule has 1 N–H and O–H groups in total. The first kappa shape index (κ1) is 21.1. The number of non-ortho nitro benzene ring substituents is 1. The average Bonchev–Trinajstić information content (AvgIpc) is 3.20.